The molecule has 24 heavy (non-hydrogen) atoms. The Bertz CT molecular complexity index is 651. The zero-order valence-corrected chi connectivity index (χ0v) is 14.4. The minimum atomic E-state index is -0.0765. The first kappa shape index (κ1) is 17.1. The maximum Gasteiger partial charge on any atom is 0.240 e. The number of aromatic nitrogens is 1. The number of carbonyl (C=O) groups is 1. The van der Waals surface area contributed by atoms with Gasteiger partial charge in [0.25, 0.3) is 0 Å². The van der Waals surface area contributed by atoms with E-state index in [9.17, 15) is 4.79 Å². The third kappa shape index (κ3) is 4.41. The van der Waals surface area contributed by atoms with Crippen LogP contribution in [0.2, 0.25) is 0 Å². The van der Waals surface area contributed by atoms with Crippen LogP contribution in [0.5, 0.6) is 0 Å². The van der Waals surface area contributed by atoms with Crippen molar-refractivity contribution in [2.45, 2.75) is 38.1 Å². The molecule has 0 bridgehead atoms. The lowest BCUT2D eigenvalue weighted by Crippen LogP contribution is -2.31. The number of nitrogens with one attached hydrogen (secondary N) is 2. The van der Waals surface area contributed by atoms with E-state index in [-0.39, 0.29) is 25.1 Å². The number of carbonyl (C=O) groups excluding carboxylic acids is 1. The lowest BCUT2D eigenvalue weighted by molar-refractivity contribution is -0.115. The molecule has 3 rings (SSSR count). The van der Waals surface area contributed by atoms with Crippen molar-refractivity contribution in [1.82, 2.24) is 10.3 Å². The van der Waals surface area contributed by atoms with E-state index in [0.717, 1.165) is 30.5 Å². The molecular formula is C18H23N3O2S. The summed E-state index contributed by atoms with van der Waals surface area (Å²) in [7, 11) is 0. The summed E-state index contributed by atoms with van der Waals surface area (Å²) in [5.41, 5.74) is 2.28. The Morgan fingerprint density at radius 3 is 2.88 bits per heavy atom. The Labute approximate surface area is 146 Å². The van der Waals surface area contributed by atoms with Crippen LogP contribution in [-0.2, 0) is 17.6 Å². The molecule has 3 N–H and O–H groups in total. The highest BCUT2D eigenvalue weighted by atomic mass is 32.1. The number of benzene rings is 1. The third-order valence-corrected chi connectivity index (χ3v) is 5.28. The average Bonchev–Trinajstić information content (AvgIpc) is 3.17. The summed E-state index contributed by atoms with van der Waals surface area (Å²) >= 11 is 1.59. The molecule has 2 aromatic rings. The predicted molar refractivity (Wildman–Crippen MR) is 96.3 cm³/mol. The van der Waals surface area contributed by atoms with Crippen molar-refractivity contribution in [2.24, 2.45) is 0 Å². The highest BCUT2D eigenvalue weighted by Gasteiger charge is 2.18. The van der Waals surface area contributed by atoms with E-state index in [0.29, 0.717) is 11.6 Å². The van der Waals surface area contributed by atoms with Crippen molar-refractivity contribution >= 4 is 22.4 Å². The molecule has 1 aliphatic carbocycles. The molecule has 0 fully saturated rings. The molecule has 6 heteroatoms. The minimum Gasteiger partial charge on any atom is -0.396 e. The summed E-state index contributed by atoms with van der Waals surface area (Å²) in [6.45, 7) is 0.386. The Kier molecular flexibility index (Phi) is 5.96. The van der Waals surface area contributed by atoms with E-state index in [1.807, 2.05) is 30.3 Å². The number of fused-ring (bicyclic) bond motifs is 1. The molecule has 1 aliphatic rings. The smallest absolute Gasteiger partial charge is 0.240 e. The maximum atomic E-state index is 12.2. The van der Waals surface area contributed by atoms with Gasteiger partial charge < -0.3 is 15.7 Å². The highest BCUT2D eigenvalue weighted by Crippen LogP contribution is 2.30. The largest absolute Gasteiger partial charge is 0.396 e. The van der Waals surface area contributed by atoms with E-state index in [2.05, 4.69) is 15.6 Å². The molecule has 1 amide bonds. The van der Waals surface area contributed by atoms with Gasteiger partial charge in [-0.25, -0.2) is 4.98 Å². The van der Waals surface area contributed by atoms with Crippen LogP contribution in [0.3, 0.4) is 0 Å². The van der Waals surface area contributed by atoms with Gasteiger partial charge in [0.1, 0.15) is 0 Å². The van der Waals surface area contributed by atoms with Gasteiger partial charge in [0.05, 0.1) is 12.2 Å². The second kappa shape index (κ2) is 8.37. The monoisotopic (exact) mass is 345 g/mol. The molecule has 0 spiro atoms. The highest BCUT2D eigenvalue weighted by molar-refractivity contribution is 7.15. The number of anilines is 1. The van der Waals surface area contributed by atoms with Crippen molar-refractivity contribution in [2.75, 3.05) is 18.5 Å². The lowest BCUT2D eigenvalue weighted by atomic mass is 10.0. The van der Waals surface area contributed by atoms with E-state index in [1.165, 1.54) is 11.3 Å². The fraction of sp³-hybridized carbons (Fsp3) is 0.444. The fourth-order valence-electron chi connectivity index (χ4n) is 2.99. The van der Waals surface area contributed by atoms with Gasteiger partial charge in [-0.2, -0.15) is 0 Å². The fourth-order valence-corrected chi connectivity index (χ4v) is 4.06. The Balaban J connectivity index is 1.54. The number of aryl methyl sites for hydroxylation is 2. The van der Waals surface area contributed by atoms with Gasteiger partial charge in [-0.3, -0.25) is 4.79 Å². The summed E-state index contributed by atoms with van der Waals surface area (Å²) in [5.74, 6) is -0.0765. The molecule has 0 saturated heterocycles. The molecule has 1 aromatic carbocycles. The first-order chi connectivity index (χ1) is 11.8. The topological polar surface area (TPSA) is 74.2 Å². The number of thiazole rings is 1. The van der Waals surface area contributed by atoms with Crippen LogP contribution in [0.25, 0.3) is 0 Å². The Hall–Kier alpha value is -1.76. The van der Waals surface area contributed by atoms with Crippen molar-refractivity contribution < 1.29 is 9.90 Å². The van der Waals surface area contributed by atoms with Gasteiger partial charge in [0.2, 0.25) is 5.91 Å². The first-order valence-electron chi connectivity index (χ1n) is 8.44. The SMILES string of the molecule is O=C(CNC(CCCO)c1ccccc1)Nc1nc2c(s1)CCC2. The average molecular weight is 345 g/mol. The number of aliphatic hydroxyl groups excluding tert-OH is 1. The number of aliphatic hydroxyl groups is 1. The Morgan fingerprint density at radius 2 is 2.12 bits per heavy atom. The van der Waals surface area contributed by atoms with Crippen LogP contribution in [0, 0.1) is 0 Å². The van der Waals surface area contributed by atoms with Gasteiger partial charge in [0, 0.05) is 17.5 Å². The zero-order chi connectivity index (χ0) is 16.8. The molecule has 1 atom stereocenters. The lowest BCUT2D eigenvalue weighted by Gasteiger charge is -2.18. The second-order valence-corrected chi connectivity index (χ2v) is 7.08. The molecule has 0 aliphatic heterocycles. The van der Waals surface area contributed by atoms with E-state index < -0.39 is 0 Å². The van der Waals surface area contributed by atoms with Gasteiger partial charge in [-0.05, 0) is 37.7 Å². The molecule has 0 radical (unpaired) electrons. The van der Waals surface area contributed by atoms with Crippen LogP contribution in [0.1, 0.15) is 41.4 Å². The number of rotatable bonds is 8. The zero-order valence-electron chi connectivity index (χ0n) is 13.6. The van der Waals surface area contributed by atoms with Gasteiger partial charge in [-0.15, -0.1) is 11.3 Å². The second-order valence-electron chi connectivity index (χ2n) is 6.00. The number of hydrogen-bond donors (Lipinski definition) is 3. The number of nitrogens with zero attached hydrogens (tertiary/aromatic N) is 1. The maximum absolute atomic E-state index is 12.2. The predicted octanol–water partition coefficient (Wildman–Crippen LogP) is 2.67. The van der Waals surface area contributed by atoms with Gasteiger partial charge >= 0.3 is 0 Å². The van der Waals surface area contributed by atoms with Crippen molar-refractivity contribution in [1.29, 1.82) is 0 Å². The minimum absolute atomic E-state index is 0.0606. The first-order valence-corrected chi connectivity index (χ1v) is 9.25. The van der Waals surface area contributed by atoms with Crippen LogP contribution < -0.4 is 10.6 Å². The molecular weight excluding hydrogens is 322 g/mol. The standard InChI is InChI=1S/C18H23N3O2S/c22-11-5-9-14(13-6-2-1-3-7-13)19-12-17(23)21-18-20-15-8-4-10-16(15)24-18/h1-3,6-7,14,19,22H,4-5,8-12H2,(H,20,21,23). The molecule has 0 saturated carbocycles. The van der Waals surface area contributed by atoms with E-state index >= 15 is 0 Å². The van der Waals surface area contributed by atoms with Crippen molar-refractivity contribution in [3.63, 3.8) is 0 Å². The summed E-state index contributed by atoms with van der Waals surface area (Å²) in [5, 5.41) is 16.0. The number of amides is 1. The van der Waals surface area contributed by atoms with Crippen LogP contribution in [0.4, 0.5) is 5.13 Å². The molecule has 1 aromatic heterocycles. The van der Waals surface area contributed by atoms with Crippen molar-refractivity contribution in [3.8, 4) is 0 Å². The summed E-state index contributed by atoms with van der Waals surface area (Å²) in [6.07, 6.45) is 4.77. The van der Waals surface area contributed by atoms with Crippen molar-refractivity contribution in [3.05, 3.63) is 46.5 Å². The quantitative estimate of drug-likeness (QED) is 0.688. The van der Waals surface area contributed by atoms with Gasteiger partial charge in [0.15, 0.2) is 5.13 Å². The van der Waals surface area contributed by atoms with Crippen LogP contribution in [-0.4, -0.2) is 29.1 Å². The summed E-state index contributed by atoms with van der Waals surface area (Å²) in [6, 6.07) is 10.1. The van der Waals surface area contributed by atoms with E-state index in [1.54, 1.807) is 11.3 Å². The molecule has 5 nitrogen and oxygen atoms in total. The summed E-state index contributed by atoms with van der Waals surface area (Å²) in [4.78, 5) is 18.0. The molecule has 1 unspecified atom stereocenters. The van der Waals surface area contributed by atoms with E-state index in [4.69, 9.17) is 5.11 Å². The molecule has 128 valence electrons. The number of hydrogen-bond acceptors (Lipinski definition) is 5. The van der Waals surface area contributed by atoms with Gasteiger partial charge in [-0.1, -0.05) is 30.3 Å². The Morgan fingerprint density at radius 1 is 1.29 bits per heavy atom. The van der Waals surface area contributed by atoms with Crippen LogP contribution in [0.15, 0.2) is 30.3 Å². The third-order valence-electron chi connectivity index (χ3n) is 4.20. The van der Waals surface area contributed by atoms with Crippen LogP contribution >= 0.6 is 11.3 Å². The normalized spacial score (nSPS) is 14.4. The molecule has 1 heterocycles. The summed E-state index contributed by atoms with van der Waals surface area (Å²) < 4.78 is 0.